The summed E-state index contributed by atoms with van der Waals surface area (Å²) in [5.74, 6) is -0.713. The zero-order valence-electron chi connectivity index (χ0n) is 16.5. The van der Waals surface area contributed by atoms with Gasteiger partial charge < -0.3 is 10.2 Å². The van der Waals surface area contributed by atoms with Crippen LogP contribution in [0, 0.1) is 0 Å². The van der Waals surface area contributed by atoms with Crippen molar-refractivity contribution >= 4 is 17.3 Å². The van der Waals surface area contributed by atoms with E-state index in [1.807, 2.05) is 42.5 Å². The number of benzene rings is 3. The maximum Gasteiger partial charge on any atom is 0.307 e. The first-order valence-corrected chi connectivity index (χ1v) is 9.62. The summed E-state index contributed by atoms with van der Waals surface area (Å²) in [6, 6.07) is 24.2. The highest BCUT2D eigenvalue weighted by Crippen LogP contribution is 2.18. The van der Waals surface area contributed by atoms with E-state index in [0.717, 1.165) is 17.8 Å². The molecule has 0 atom stereocenters. The minimum atomic E-state index is -0.865. The van der Waals surface area contributed by atoms with E-state index in [9.17, 15) is 4.79 Å². The van der Waals surface area contributed by atoms with E-state index in [-0.39, 0.29) is 12.2 Å². The molecule has 0 aromatic heterocycles. The molecule has 0 heterocycles. The largest absolute Gasteiger partial charge is 0.508 e. The molecular formula is C24H26N2O3. The van der Waals surface area contributed by atoms with Gasteiger partial charge in [-0.2, -0.15) is 10.2 Å². The minimum Gasteiger partial charge on any atom is -0.508 e. The zero-order chi connectivity index (χ0) is 20.9. The van der Waals surface area contributed by atoms with Gasteiger partial charge in [0.2, 0.25) is 0 Å². The Labute approximate surface area is 171 Å². The summed E-state index contributed by atoms with van der Waals surface area (Å²) in [6.45, 7) is 2.21. The third-order valence-electron chi connectivity index (χ3n) is 4.08. The van der Waals surface area contributed by atoms with Crippen molar-refractivity contribution < 1.29 is 15.0 Å². The highest BCUT2D eigenvalue weighted by molar-refractivity contribution is 5.70. The number of hydrogen-bond donors (Lipinski definition) is 2. The summed E-state index contributed by atoms with van der Waals surface area (Å²) < 4.78 is 0. The van der Waals surface area contributed by atoms with Gasteiger partial charge >= 0.3 is 5.97 Å². The lowest BCUT2D eigenvalue weighted by Gasteiger charge is -1.99. The summed E-state index contributed by atoms with van der Waals surface area (Å²) in [7, 11) is 0. The minimum absolute atomic E-state index is 0.000278. The fourth-order valence-electron chi connectivity index (χ4n) is 2.51. The summed E-state index contributed by atoms with van der Waals surface area (Å²) in [5, 5.41) is 25.6. The average molecular weight is 390 g/mol. The average Bonchev–Trinajstić information content (AvgIpc) is 2.74. The van der Waals surface area contributed by atoms with Crippen LogP contribution in [0.4, 0.5) is 11.4 Å². The Hall–Kier alpha value is -3.47. The Morgan fingerprint density at radius 2 is 1.34 bits per heavy atom. The number of aryl methyl sites for hydroxylation is 1. The number of carboxylic acids is 1. The van der Waals surface area contributed by atoms with Gasteiger partial charge in [-0.3, -0.25) is 4.79 Å². The van der Waals surface area contributed by atoms with Crippen LogP contribution in [-0.4, -0.2) is 16.2 Å². The van der Waals surface area contributed by atoms with Crippen molar-refractivity contribution in [2.24, 2.45) is 10.2 Å². The predicted octanol–water partition coefficient (Wildman–Crippen LogP) is 6.46. The second kappa shape index (κ2) is 12.1. The number of aromatic hydroxyl groups is 1. The first-order valence-electron chi connectivity index (χ1n) is 9.62. The number of phenols is 1. The van der Waals surface area contributed by atoms with Crippen LogP contribution in [-0.2, 0) is 17.6 Å². The standard InChI is InChI=1S/C16H18N2.C8H8O3/c1-2-3-7-14-10-12-16(13-11-14)18-17-15-8-5-4-6-9-15;9-7-3-1-6(2-4-7)5-8(10)11/h4-6,8-13H,2-3,7H2,1H3;1-4,9H,5H2,(H,10,11)/b18-17+;. The van der Waals surface area contributed by atoms with Crippen molar-refractivity contribution in [3.05, 3.63) is 90.0 Å². The van der Waals surface area contributed by atoms with Gasteiger partial charge in [-0.25, -0.2) is 0 Å². The summed E-state index contributed by atoms with van der Waals surface area (Å²) >= 11 is 0. The molecule has 5 nitrogen and oxygen atoms in total. The summed E-state index contributed by atoms with van der Waals surface area (Å²) in [4.78, 5) is 10.2. The molecule has 150 valence electrons. The van der Waals surface area contributed by atoms with Crippen LogP contribution < -0.4 is 0 Å². The molecule has 0 saturated carbocycles. The SMILES string of the molecule is CCCCc1ccc(/N=N/c2ccccc2)cc1.O=C(O)Cc1ccc(O)cc1. The molecule has 0 radical (unpaired) electrons. The lowest BCUT2D eigenvalue weighted by Crippen LogP contribution is -1.98. The third kappa shape index (κ3) is 8.84. The van der Waals surface area contributed by atoms with Crippen molar-refractivity contribution in [3.63, 3.8) is 0 Å². The van der Waals surface area contributed by atoms with Crippen LogP contribution >= 0.6 is 0 Å². The van der Waals surface area contributed by atoms with Crippen LogP contribution in [0.2, 0.25) is 0 Å². The van der Waals surface area contributed by atoms with E-state index in [0.29, 0.717) is 5.56 Å². The Morgan fingerprint density at radius 3 is 1.90 bits per heavy atom. The van der Waals surface area contributed by atoms with Gasteiger partial charge in [-0.05, 0) is 60.4 Å². The number of rotatable bonds is 7. The first-order chi connectivity index (χ1) is 14.1. The summed E-state index contributed by atoms with van der Waals surface area (Å²) in [6.07, 6.45) is 3.62. The van der Waals surface area contributed by atoms with Gasteiger partial charge in [-0.15, -0.1) is 0 Å². The predicted molar refractivity (Wildman–Crippen MR) is 115 cm³/mol. The fraction of sp³-hybridized carbons (Fsp3) is 0.208. The lowest BCUT2D eigenvalue weighted by atomic mass is 10.1. The maximum atomic E-state index is 10.2. The molecular weight excluding hydrogens is 364 g/mol. The van der Waals surface area contributed by atoms with Crippen molar-refractivity contribution in [1.29, 1.82) is 0 Å². The van der Waals surface area contributed by atoms with Crippen LogP contribution in [0.1, 0.15) is 30.9 Å². The number of carboxylic acid groups (broad SMARTS) is 1. The smallest absolute Gasteiger partial charge is 0.307 e. The van der Waals surface area contributed by atoms with Gasteiger partial charge in [0.05, 0.1) is 17.8 Å². The number of carbonyl (C=O) groups is 1. The van der Waals surface area contributed by atoms with E-state index in [2.05, 4.69) is 29.3 Å². The van der Waals surface area contributed by atoms with Crippen molar-refractivity contribution in [2.75, 3.05) is 0 Å². The lowest BCUT2D eigenvalue weighted by molar-refractivity contribution is -0.136. The third-order valence-corrected chi connectivity index (χ3v) is 4.08. The van der Waals surface area contributed by atoms with E-state index in [1.54, 1.807) is 12.1 Å². The maximum absolute atomic E-state index is 10.2. The van der Waals surface area contributed by atoms with Crippen LogP contribution in [0.15, 0.2) is 89.1 Å². The second-order valence-corrected chi connectivity index (χ2v) is 6.54. The molecule has 3 aromatic rings. The molecule has 0 bridgehead atoms. The van der Waals surface area contributed by atoms with Gasteiger partial charge in [0, 0.05) is 0 Å². The normalized spacial score (nSPS) is 10.4. The number of aliphatic carboxylic acids is 1. The topological polar surface area (TPSA) is 82.2 Å². The monoisotopic (exact) mass is 390 g/mol. The quantitative estimate of drug-likeness (QED) is 0.454. The van der Waals surface area contributed by atoms with Crippen molar-refractivity contribution in [3.8, 4) is 5.75 Å². The number of nitrogens with zero attached hydrogens (tertiary/aromatic N) is 2. The fourth-order valence-corrected chi connectivity index (χ4v) is 2.51. The van der Waals surface area contributed by atoms with E-state index in [1.165, 1.54) is 30.5 Å². The molecule has 0 aliphatic carbocycles. The molecule has 2 N–H and O–H groups in total. The zero-order valence-corrected chi connectivity index (χ0v) is 16.5. The molecule has 0 spiro atoms. The van der Waals surface area contributed by atoms with Crippen LogP contribution in [0.3, 0.4) is 0 Å². The summed E-state index contributed by atoms with van der Waals surface area (Å²) in [5.41, 5.74) is 3.84. The van der Waals surface area contributed by atoms with E-state index >= 15 is 0 Å². The Morgan fingerprint density at radius 1 is 0.793 bits per heavy atom. The van der Waals surface area contributed by atoms with Crippen LogP contribution in [0.25, 0.3) is 0 Å². The molecule has 3 aromatic carbocycles. The highest BCUT2D eigenvalue weighted by Gasteiger charge is 1.98. The van der Waals surface area contributed by atoms with Crippen LogP contribution in [0.5, 0.6) is 5.75 Å². The first kappa shape index (κ1) is 21.8. The van der Waals surface area contributed by atoms with E-state index < -0.39 is 5.97 Å². The molecule has 0 aliphatic heterocycles. The Kier molecular flexibility index (Phi) is 9.09. The molecule has 0 aliphatic rings. The highest BCUT2D eigenvalue weighted by atomic mass is 16.4. The molecule has 29 heavy (non-hydrogen) atoms. The molecule has 0 fully saturated rings. The van der Waals surface area contributed by atoms with Crippen molar-refractivity contribution in [2.45, 2.75) is 32.6 Å². The van der Waals surface area contributed by atoms with Gasteiger partial charge in [0.25, 0.3) is 0 Å². The molecule has 0 unspecified atom stereocenters. The molecule has 3 rings (SSSR count). The van der Waals surface area contributed by atoms with Gasteiger partial charge in [0.1, 0.15) is 5.75 Å². The van der Waals surface area contributed by atoms with E-state index in [4.69, 9.17) is 10.2 Å². The van der Waals surface area contributed by atoms with Gasteiger partial charge in [-0.1, -0.05) is 55.8 Å². The number of azo groups is 1. The molecule has 0 saturated heterocycles. The number of unbranched alkanes of at least 4 members (excludes halogenated alkanes) is 1. The van der Waals surface area contributed by atoms with Crippen molar-refractivity contribution in [1.82, 2.24) is 0 Å². The Bertz CT molecular complexity index is 890. The number of hydrogen-bond acceptors (Lipinski definition) is 4. The number of phenolic OH excluding ortho intramolecular Hbond substituents is 1. The van der Waals surface area contributed by atoms with Gasteiger partial charge in [0.15, 0.2) is 0 Å². The molecule has 5 heteroatoms. The molecule has 0 amide bonds. The Balaban J connectivity index is 0.000000234. The second-order valence-electron chi connectivity index (χ2n) is 6.54.